The van der Waals surface area contributed by atoms with Crippen molar-refractivity contribution >= 4 is 27.7 Å². The van der Waals surface area contributed by atoms with E-state index in [0.717, 1.165) is 6.42 Å². The molecule has 0 amide bonds. The van der Waals surface area contributed by atoms with Crippen LogP contribution in [-0.4, -0.2) is 22.2 Å². The van der Waals surface area contributed by atoms with Gasteiger partial charge in [0.25, 0.3) is 0 Å². The van der Waals surface area contributed by atoms with Crippen LogP contribution in [0.4, 0.5) is 0 Å². The average molecular weight is 307 g/mol. The molecule has 0 saturated heterocycles. The second-order valence-electron chi connectivity index (χ2n) is 5.45. The van der Waals surface area contributed by atoms with Gasteiger partial charge in [0.15, 0.2) is 0 Å². The molecule has 3 fully saturated rings. The minimum absolute atomic E-state index is 0.301. The summed E-state index contributed by atoms with van der Waals surface area (Å²) in [5.41, 5.74) is -0.0208. The first kappa shape index (κ1) is 11.2. The van der Waals surface area contributed by atoms with Gasteiger partial charge in [0, 0.05) is 0 Å². The highest BCUT2D eigenvalue weighted by Gasteiger charge is 2.63. The first-order chi connectivity index (χ1) is 6.43. The van der Waals surface area contributed by atoms with E-state index in [2.05, 4.69) is 43.1 Å². The van der Waals surface area contributed by atoms with Crippen LogP contribution in [0.2, 0.25) is 0 Å². The van der Waals surface area contributed by atoms with Crippen LogP contribution in [-0.2, 0) is 4.65 Å². The Labute approximate surface area is 99.9 Å². The van der Waals surface area contributed by atoms with Crippen LogP contribution in [0.1, 0.15) is 33.6 Å². The van der Waals surface area contributed by atoms with Crippen molar-refractivity contribution in [2.24, 2.45) is 17.3 Å². The number of aliphatic hydroxyl groups is 1. The lowest BCUT2D eigenvalue weighted by molar-refractivity contribution is -0.233. The molecule has 1 radical (unpaired) electrons. The third-order valence-corrected chi connectivity index (χ3v) is 4.88. The predicted octanol–water partition coefficient (Wildman–Crippen LogP) is 2.16. The zero-order valence-corrected chi connectivity index (χ0v) is 11.1. The van der Waals surface area contributed by atoms with Crippen LogP contribution in [0.3, 0.4) is 0 Å². The summed E-state index contributed by atoms with van der Waals surface area (Å²) in [5, 5.41) is 11.7. The zero-order chi connectivity index (χ0) is 10.6. The number of hydrogen-bond acceptors (Lipinski definition) is 2. The standard InChI is InChI=1S/C10H17BIO2/c1-9(2)6-4-7(9)10(3,14-11-12)8(13)5-6/h6-8,13H,4-5H2,1-3H3/t6-,7-,8+,10-/m0/s1. The van der Waals surface area contributed by atoms with E-state index in [1.54, 1.807) is 5.34 Å². The van der Waals surface area contributed by atoms with E-state index < -0.39 is 0 Å². The lowest BCUT2D eigenvalue weighted by atomic mass is 9.43. The summed E-state index contributed by atoms with van der Waals surface area (Å²) in [7, 11) is 0. The molecular formula is C10H17BIO2. The molecule has 4 atom stereocenters. The summed E-state index contributed by atoms with van der Waals surface area (Å²) in [6.07, 6.45) is 1.81. The van der Waals surface area contributed by atoms with Crippen molar-refractivity contribution in [2.45, 2.75) is 45.3 Å². The summed E-state index contributed by atoms with van der Waals surface area (Å²) in [6, 6.07) is 0. The molecule has 2 nitrogen and oxygen atoms in total. The molecule has 3 rings (SSSR count). The Bertz CT molecular complexity index is 246. The van der Waals surface area contributed by atoms with Crippen molar-refractivity contribution in [1.29, 1.82) is 0 Å². The molecule has 0 unspecified atom stereocenters. The third-order valence-electron chi connectivity index (χ3n) is 4.63. The zero-order valence-electron chi connectivity index (χ0n) is 8.96. The second-order valence-corrected chi connectivity index (χ2v) is 5.96. The summed E-state index contributed by atoms with van der Waals surface area (Å²) < 4.78 is 5.68. The lowest BCUT2D eigenvalue weighted by Gasteiger charge is -2.65. The second kappa shape index (κ2) is 3.35. The van der Waals surface area contributed by atoms with Gasteiger partial charge in [0.1, 0.15) is 0 Å². The third kappa shape index (κ3) is 1.29. The number of fused-ring (bicyclic) bond motifs is 2. The van der Waals surface area contributed by atoms with Gasteiger partial charge in [-0.2, -0.15) is 0 Å². The van der Waals surface area contributed by atoms with Gasteiger partial charge in [0.05, 0.1) is 11.7 Å². The van der Waals surface area contributed by atoms with E-state index in [1.807, 2.05) is 0 Å². The Morgan fingerprint density at radius 3 is 2.50 bits per heavy atom. The minimum atomic E-state index is -0.362. The highest BCUT2D eigenvalue weighted by Crippen LogP contribution is 2.63. The van der Waals surface area contributed by atoms with Crippen molar-refractivity contribution in [3.8, 4) is 0 Å². The van der Waals surface area contributed by atoms with Crippen LogP contribution >= 0.6 is 22.4 Å². The molecule has 0 aromatic rings. The van der Waals surface area contributed by atoms with Crippen molar-refractivity contribution in [1.82, 2.24) is 0 Å². The lowest BCUT2D eigenvalue weighted by Crippen LogP contribution is -2.67. The van der Waals surface area contributed by atoms with Gasteiger partial charge in [-0.1, -0.05) is 13.8 Å². The molecule has 3 aliphatic carbocycles. The van der Waals surface area contributed by atoms with Gasteiger partial charge in [0.2, 0.25) is 0 Å². The Kier molecular flexibility index (Phi) is 2.68. The largest absolute Gasteiger partial charge is 0.421 e. The fourth-order valence-corrected chi connectivity index (χ4v) is 3.93. The van der Waals surface area contributed by atoms with Gasteiger partial charge in [-0.15, -0.1) is 22.4 Å². The van der Waals surface area contributed by atoms with E-state index in [9.17, 15) is 5.11 Å². The molecule has 2 bridgehead atoms. The highest BCUT2D eigenvalue weighted by atomic mass is 127. The van der Waals surface area contributed by atoms with Gasteiger partial charge in [-0.3, -0.25) is 0 Å². The van der Waals surface area contributed by atoms with Crippen LogP contribution in [0, 0.1) is 17.3 Å². The van der Waals surface area contributed by atoms with Crippen molar-refractivity contribution < 1.29 is 9.76 Å². The summed E-state index contributed by atoms with van der Waals surface area (Å²) in [5.74, 6) is 1.18. The number of halogens is 1. The molecule has 14 heavy (non-hydrogen) atoms. The minimum Gasteiger partial charge on any atom is -0.421 e. The van der Waals surface area contributed by atoms with E-state index in [1.165, 1.54) is 6.42 Å². The van der Waals surface area contributed by atoms with Crippen LogP contribution in [0.15, 0.2) is 0 Å². The highest BCUT2D eigenvalue weighted by molar-refractivity contribution is 14.1. The monoisotopic (exact) mass is 307 g/mol. The molecule has 0 aromatic carbocycles. The van der Waals surface area contributed by atoms with Crippen LogP contribution in [0.25, 0.3) is 0 Å². The molecular weight excluding hydrogens is 290 g/mol. The molecule has 0 aromatic heterocycles. The van der Waals surface area contributed by atoms with Gasteiger partial charge < -0.3 is 9.76 Å². The SMILES string of the molecule is CC1(C)[C@@H]2C[C@@H](O)[C@@](C)(O[B]I)[C@H]1C2. The summed E-state index contributed by atoms with van der Waals surface area (Å²) >= 11 is 2.09. The molecule has 3 aliphatic rings. The van der Waals surface area contributed by atoms with E-state index >= 15 is 0 Å². The maximum Gasteiger partial charge on any atom is 0.375 e. The molecule has 1 N–H and O–H groups in total. The van der Waals surface area contributed by atoms with Gasteiger partial charge >= 0.3 is 5.34 Å². The van der Waals surface area contributed by atoms with Crippen molar-refractivity contribution in [3.63, 3.8) is 0 Å². The first-order valence-corrected chi connectivity index (χ1v) is 6.45. The summed E-state index contributed by atoms with van der Waals surface area (Å²) in [4.78, 5) is 0. The maximum absolute atomic E-state index is 10.0. The van der Waals surface area contributed by atoms with Gasteiger partial charge in [-0.25, -0.2) is 0 Å². The Balaban J connectivity index is 2.22. The van der Waals surface area contributed by atoms with Crippen molar-refractivity contribution in [3.05, 3.63) is 0 Å². The van der Waals surface area contributed by atoms with Gasteiger partial charge in [-0.05, 0) is 37.0 Å². The molecule has 0 heterocycles. The Morgan fingerprint density at radius 1 is 1.36 bits per heavy atom. The van der Waals surface area contributed by atoms with Crippen LogP contribution in [0.5, 0.6) is 0 Å². The first-order valence-electron chi connectivity index (χ1n) is 5.20. The Morgan fingerprint density at radius 2 is 2.00 bits per heavy atom. The fourth-order valence-electron chi connectivity index (χ4n) is 3.38. The normalized spacial score (nSPS) is 49.6. The molecule has 3 saturated carbocycles. The van der Waals surface area contributed by atoms with Crippen molar-refractivity contribution in [2.75, 3.05) is 0 Å². The fraction of sp³-hybridized carbons (Fsp3) is 1.00. The van der Waals surface area contributed by atoms with E-state index in [-0.39, 0.29) is 11.7 Å². The quantitative estimate of drug-likeness (QED) is 0.626. The predicted molar refractivity (Wildman–Crippen MR) is 65.3 cm³/mol. The Hall–Kier alpha value is 0.715. The topological polar surface area (TPSA) is 29.5 Å². The molecule has 79 valence electrons. The number of rotatable bonds is 2. The van der Waals surface area contributed by atoms with Crippen LogP contribution < -0.4 is 0 Å². The molecule has 0 spiro atoms. The summed E-state index contributed by atoms with van der Waals surface area (Å²) in [6.45, 7) is 6.65. The van der Waals surface area contributed by atoms with E-state index in [0.29, 0.717) is 17.3 Å². The average Bonchev–Trinajstić information content (AvgIpc) is 2.09. The number of aliphatic hydroxyl groups excluding tert-OH is 1. The van der Waals surface area contributed by atoms with E-state index in [4.69, 9.17) is 4.65 Å². The maximum atomic E-state index is 10.0. The molecule has 0 aliphatic heterocycles. The smallest absolute Gasteiger partial charge is 0.375 e. The number of hydrogen-bond donors (Lipinski definition) is 1. The molecule has 4 heteroatoms.